The van der Waals surface area contributed by atoms with E-state index in [-0.39, 0.29) is 11.6 Å². The summed E-state index contributed by atoms with van der Waals surface area (Å²) in [5.74, 6) is 0.338. The van der Waals surface area contributed by atoms with E-state index < -0.39 is 4.92 Å². The molecule has 0 aliphatic rings. The first kappa shape index (κ1) is 16.2. The smallest absolute Gasteiger partial charge is 0.271 e. The molecule has 0 fully saturated rings. The lowest BCUT2D eigenvalue weighted by atomic mass is 10.2. The first-order chi connectivity index (χ1) is 11.1. The van der Waals surface area contributed by atoms with Crippen LogP contribution in [0.5, 0.6) is 5.75 Å². The third-order valence-corrected chi connectivity index (χ3v) is 2.91. The maximum Gasteiger partial charge on any atom is 0.271 e. The molecular formula is C16H15N3O4. The number of nitro groups is 1. The lowest BCUT2D eigenvalue weighted by molar-refractivity contribution is -0.384. The molecule has 0 saturated heterocycles. The van der Waals surface area contributed by atoms with Crippen LogP contribution in [0.4, 0.5) is 5.69 Å². The van der Waals surface area contributed by atoms with Crippen molar-refractivity contribution in [1.82, 2.24) is 5.43 Å². The van der Waals surface area contributed by atoms with Gasteiger partial charge in [-0.1, -0.05) is 0 Å². The fourth-order valence-corrected chi connectivity index (χ4v) is 1.78. The zero-order chi connectivity index (χ0) is 16.7. The fourth-order valence-electron chi connectivity index (χ4n) is 1.78. The van der Waals surface area contributed by atoms with Crippen molar-refractivity contribution in [2.75, 3.05) is 6.61 Å². The number of carbonyl (C=O) groups is 1. The Labute approximate surface area is 132 Å². The van der Waals surface area contributed by atoms with Gasteiger partial charge in [-0.3, -0.25) is 14.9 Å². The topological polar surface area (TPSA) is 93.8 Å². The Bertz CT molecular complexity index is 709. The highest BCUT2D eigenvalue weighted by atomic mass is 16.6. The number of nitrogens with one attached hydrogen (secondary N) is 1. The van der Waals surface area contributed by atoms with Crippen LogP contribution < -0.4 is 10.2 Å². The molecule has 0 radical (unpaired) electrons. The van der Waals surface area contributed by atoms with E-state index in [2.05, 4.69) is 10.5 Å². The Morgan fingerprint density at radius 2 is 1.87 bits per heavy atom. The number of benzene rings is 2. The summed E-state index contributed by atoms with van der Waals surface area (Å²) in [5.41, 5.74) is 3.49. The van der Waals surface area contributed by atoms with Crippen LogP contribution in [0.15, 0.2) is 53.6 Å². The van der Waals surface area contributed by atoms with Crippen LogP contribution >= 0.6 is 0 Å². The SMILES string of the molecule is CCOc1ccc(C(=O)N/N=C\c2ccc([N+](=O)[O-])cc2)cc1. The second-order valence-electron chi connectivity index (χ2n) is 4.51. The zero-order valence-corrected chi connectivity index (χ0v) is 12.4. The maximum atomic E-state index is 11.9. The molecule has 2 rings (SSSR count). The van der Waals surface area contributed by atoms with Crippen molar-refractivity contribution in [2.45, 2.75) is 6.92 Å². The molecule has 118 valence electrons. The summed E-state index contributed by atoms with van der Waals surface area (Å²) in [6.07, 6.45) is 1.41. The van der Waals surface area contributed by atoms with Gasteiger partial charge in [0.25, 0.3) is 11.6 Å². The van der Waals surface area contributed by atoms with E-state index in [0.29, 0.717) is 23.5 Å². The standard InChI is InChI=1S/C16H15N3O4/c1-2-23-15-9-5-13(6-10-15)16(20)18-17-11-12-3-7-14(8-4-12)19(21)22/h3-11H,2H2,1H3,(H,18,20)/b17-11-. The molecule has 0 aromatic heterocycles. The van der Waals surface area contributed by atoms with Crippen LogP contribution in [-0.2, 0) is 0 Å². The minimum absolute atomic E-state index is 0.000531. The number of hydrogen-bond donors (Lipinski definition) is 1. The lowest BCUT2D eigenvalue weighted by Crippen LogP contribution is -2.17. The summed E-state index contributed by atoms with van der Waals surface area (Å²) >= 11 is 0. The van der Waals surface area contributed by atoms with E-state index in [0.717, 1.165) is 0 Å². The van der Waals surface area contributed by atoms with E-state index >= 15 is 0 Å². The summed E-state index contributed by atoms with van der Waals surface area (Å²) in [6.45, 7) is 2.44. The van der Waals surface area contributed by atoms with Crippen LogP contribution in [0.1, 0.15) is 22.8 Å². The van der Waals surface area contributed by atoms with Gasteiger partial charge in [0.15, 0.2) is 0 Å². The van der Waals surface area contributed by atoms with Gasteiger partial charge in [0.1, 0.15) is 5.75 Å². The van der Waals surface area contributed by atoms with Gasteiger partial charge in [-0.05, 0) is 48.9 Å². The van der Waals surface area contributed by atoms with Crippen LogP contribution in [0.3, 0.4) is 0 Å². The van der Waals surface area contributed by atoms with Gasteiger partial charge in [0.05, 0.1) is 17.7 Å². The summed E-state index contributed by atoms with van der Waals surface area (Å²) in [7, 11) is 0. The molecule has 0 aliphatic carbocycles. The van der Waals surface area contributed by atoms with Gasteiger partial charge in [-0.25, -0.2) is 5.43 Å². The van der Waals surface area contributed by atoms with Crippen molar-refractivity contribution >= 4 is 17.8 Å². The van der Waals surface area contributed by atoms with Crippen molar-refractivity contribution in [3.8, 4) is 5.75 Å². The molecule has 1 amide bonds. The summed E-state index contributed by atoms with van der Waals surface area (Å²) in [5, 5.41) is 14.4. The van der Waals surface area contributed by atoms with Crippen LogP contribution in [-0.4, -0.2) is 23.7 Å². The number of amides is 1. The predicted octanol–water partition coefficient (Wildman–Crippen LogP) is 2.76. The molecule has 7 heteroatoms. The molecule has 2 aromatic carbocycles. The van der Waals surface area contributed by atoms with Crippen molar-refractivity contribution in [3.63, 3.8) is 0 Å². The molecule has 23 heavy (non-hydrogen) atoms. The zero-order valence-electron chi connectivity index (χ0n) is 12.4. The summed E-state index contributed by atoms with van der Waals surface area (Å²) in [6, 6.07) is 12.5. The predicted molar refractivity (Wildman–Crippen MR) is 85.8 cm³/mol. The highest BCUT2D eigenvalue weighted by Gasteiger charge is 2.05. The first-order valence-corrected chi connectivity index (χ1v) is 6.91. The molecule has 0 heterocycles. The Morgan fingerprint density at radius 3 is 2.43 bits per heavy atom. The largest absolute Gasteiger partial charge is 0.494 e. The summed E-state index contributed by atoms with van der Waals surface area (Å²) in [4.78, 5) is 22.0. The molecule has 0 atom stereocenters. The molecule has 0 unspecified atom stereocenters. The van der Waals surface area contributed by atoms with Gasteiger partial charge >= 0.3 is 0 Å². The number of hydrazone groups is 1. The van der Waals surface area contributed by atoms with Crippen LogP contribution in [0, 0.1) is 10.1 Å². The maximum absolute atomic E-state index is 11.9. The lowest BCUT2D eigenvalue weighted by Gasteiger charge is -2.03. The number of non-ortho nitro benzene ring substituents is 1. The Balaban J connectivity index is 1.93. The molecule has 0 saturated carbocycles. The third kappa shape index (κ3) is 4.63. The van der Waals surface area contributed by atoms with Gasteiger partial charge in [-0.2, -0.15) is 5.10 Å². The fraction of sp³-hybridized carbons (Fsp3) is 0.125. The van der Waals surface area contributed by atoms with Gasteiger partial charge in [-0.15, -0.1) is 0 Å². The molecule has 1 N–H and O–H groups in total. The van der Waals surface area contributed by atoms with E-state index in [1.807, 2.05) is 6.92 Å². The van der Waals surface area contributed by atoms with Gasteiger partial charge in [0, 0.05) is 17.7 Å². The number of rotatable bonds is 6. The second kappa shape index (κ2) is 7.69. The number of ether oxygens (including phenoxy) is 1. The van der Waals surface area contributed by atoms with Crippen LogP contribution in [0.2, 0.25) is 0 Å². The second-order valence-corrected chi connectivity index (χ2v) is 4.51. The first-order valence-electron chi connectivity index (χ1n) is 6.91. The van der Waals surface area contributed by atoms with Crippen molar-refractivity contribution < 1.29 is 14.5 Å². The number of carbonyl (C=O) groups excluding carboxylic acids is 1. The van der Waals surface area contributed by atoms with E-state index in [1.165, 1.54) is 18.3 Å². The Hall–Kier alpha value is -3.22. The van der Waals surface area contributed by atoms with Crippen LogP contribution in [0.25, 0.3) is 0 Å². The monoisotopic (exact) mass is 313 g/mol. The van der Waals surface area contributed by atoms with Crippen molar-refractivity contribution in [1.29, 1.82) is 0 Å². The quantitative estimate of drug-likeness (QED) is 0.504. The molecular weight excluding hydrogens is 298 g/mol. The average Bonchev–Trinajstić information content (AvgIpc) is 2.56. The van der Waals surface area contributed by atoms with E-state index in [4.69, 9.17) is 4.74 Å². The molecule has 7 nitrogen and oxygen atoms in total. The normalized spacial score (nSPS) is 10.5. The van der Waals surface area contributed by atoms with E-state index in [9.17, 15) is 14.9 Å². The third-order valence-electron chi connectivity index (χ3n) is 2.91. The summed E-state index contributed by atoms with van der Waals surface area (Å²) < 4.78 is 5.30. The number of hydrogen-bond acceptors (Lipinski definition) is 5. The van der Waals surface area contributed by atoms with Crippen molar-refractivity contribution in [2.24, 2.45) is 5.10 Å². The minimum atomic E-state index is -0.478. The van der Waals surface area contributed by atoms with Crippen molar-refractivity contribution in [3.05, 3.63) is 69.8 Å². The average molecular weight is 313 g/mol. The highest BCUT2D eigenvalue weighted by molar-refractivity contribution is 5.95. The Kier molecular flexibility index (Phi) is 5.40. The molecule has 0 spiro atoms. The Morgan fingerprint density at radius 1 is 1.22 bits per heavy atom. The number of nitrogens with zero attached hydrogens (tertiary/aromatic N) is 2. The molecule has 0 aliphatic heterocycles. The molecule has 2 aromatic rings. The van der Waals surface area contributed by atoms with Gasteiger partial charge < -0.3 is 4.74 Å². The highest BCUT2D eigenvalue weighted by Crippen LogP contribution is 2.12. The minimum Gasteiger partial charge on any atom is -0.494 e. The van der Waals surface area contributed by atoms with Gasteiger partial charge in [0.2, 0.25) is 0 Å². The molecule has 0 bridgehead atoms. The number of nitro benzene ring substituents is 1. The van der Waals surface area contributed by atoms with E-state index in [1.54, 1.807) is 36.4 Å².